The van der Waals surface area contributed by atoms with Crippen LogP contribution in [0.2, 0.25) is 0 Å². The normalized spacial score (nSPS) is 10.8. The molecule has 0 atom stereocenters. The van der Waals surface area contributed by atoms with E-state index in [4.69, 9.17) is 9.52 Å². The quantitative estimate of drug-likeness (QED) is 0.901. The first-order chi connectivity index (χ1) is 8.49. The summed E-state index contributed by atoms with van der Waals surface area (Å²) in [5.74, 6) is 1.56. The molecule has 2 rings (SSSR count). The summed E-state index contributed by atoms with van der Waals surface area (Å²) in [4.78, 5) is 15.0. The minimum Gasteiger partial charge on any atom is -0.481 e. The highest BCUT2D eigenvalue weighted by molar-refractivity contribution is 5.67. The van der Waals surface area contributed by atoms with E-state index in [0.29, 0.717) is 6.42 Å². The number of carboxylic acids is 1. The Hall–Kier alpha value is -2.04. The Labute approximate surface area is 105 Å². The Bertz CT molecular complexity index is 581. The number of carboxylic acid groups (broad SMARTS) is 1. The van der Waals surface area contributed by atoms with Gasteiger partial charge in [0.15, 0.2) is 5.76 Å². The van der Waals surface area contributed by atoms with Crippen molar-refractivity contribution in [3.63, 3.8) is 0 Å². The van der Waals surface area contributed by atoms with Crippen molar-refractivity contribution in [2.75, 3.05) is 0 Å². The SMILES string of the molecule is Cc1ccc(-c2c(C)nc(CCC(=O)O)n2C)o1. The Morgan fingerprint density at radius 1 is 1.44 bits per heavy atom. The zero-order valence-corrected chi connectivity index (χ0v) is 10.7. The van der Waals surface area contributed by atoms with Crippen LogP contribution in [0.15, 0.2) is 16.5 Å². The van der Waals surface area contributed by atoms with Gasteiger partial charge in [-0.05, 0) is 26.0 Å². The van der Waals surface area contributed by atoms with Crippen LogP contribution >= 0.6 is 0 Å². The van der Waals surface area contributed by atoms with Crippen LogP contribution in [0, 0.1) is 13.8 Å². The van der Waals surface area contributed by atoms with Gasteiger partial charge in [0, 0.05) is 13.5 Å². The Balaban J connectivity index is 2.35. The summed E-state index contributed by atoms with van der Waals surface area (Å²) in [6, 6.07) is 3.80. The van der Waals surface area contributed by atoms with Crippen LogP contribution in [-0.4, -0.2) is 20.6 Å². The maximum atomic E-state index is 10.6. The molecule has 0 aromatic carbocycles. The van der Waals surface area contributed by atoms with Crippen molar-refractivity contribution < 1.29 is 14.3 Å². The first-order valence-electron chi connectivity index (χ1n) is 5.80. The number of rotatable bonds is 4. The van der Waals surface area contributed by atoms with E-state index in [0.717, 1.165) is 28.7 Å². The van der Waals surface area contributed by atoms with E-state index in [2.05, 4.69) is 4.98 Å². The van der Waals surface area contributed by atoms with E-state index >= 15 is 0 Å². The van der Waals surface area contributed by atoms with Crippen molar-refractivity contribution in [3.8, 4) is 11.5 Å². The molecule has 2 heterocycles. The number of aryl methyl sites for hydroxylation is 3. The number of hydrogen-bond donors (Lipinski definition) is 1. The highest BCUT2D eigenvalue weighted by Gasteiger charge is 2.16. The molecule has 96 valence electrons. The molecule has 0 aliphatic rings. The maximum absolute atomic E-state index is 10.6. The van der Waals surface area contributed by atoms with Crippen molar-refractivity contribution in [1.29, 1.82) is 0 Å². The Kier molecular flexibility index (Phi) is 3.23. The number of imidazole rings is 1. The molecule has 0 saturated heterocycles. The molecule has 0 aliphatic heterocycles. The van der Waals surface area contributed by atoms with Crippen molar-refractivity contribution in [2.24, 2.45) is 7.05 Å². The molecule has 0 radical (unpaired) electrons. The molecule has 2 aromatic rings. The van der Waals surface area contributed by atoms with Crippen LogP contribution in [0.1, 0.15) is 23.7 Å². The third-order valence-electron chi connectivity index (χ3n) is 2.90. The second-order valence-electron chi connectivity index (χ2n) is 4.33. The van der Waals surface area contributed by atoms with E-state index in [1.54, 1.807) is 0 Å². The van der Waals surface area contributed by atoms with Gasteiger partial charge in [-0.15, -0.1) is 0 Å². The van der Waals surface area contributed by atoms with Gasteiger partial charge < -0.3 is 14.1 Å². The average molecular weight is 248 g/mol. The predicted molar refractivity (Wildman–Crippen MR) is 66.3 cm³/mol. The average Bonchev–Trinajstić information content (AvgIpc) is 2.81. The number of furan rings is 1. The van der Waals surface area contributed by atoms with Gasteiger partial charge in [-0.3, -0.25) is 4.79 Å². The van der Waals surface area contributed by atoms with Crippen LogP contribution in [0.25, 0.3) is 11.5 Å². The molecule has 5 heteroatoms. The lowest BCUT2D eigenvalue weighted by atomic mass is 10.2. The predicted octanol–water partition coefficient (Wildman–Crippen LogP) is 2.31. The van der Waals surface area contributed by atoms with Crippen LogP contribution < -0.4 is 0 Å². The third kappa shape index (κ3) is 2.30. The number of nitrogens with zero attached hydrogens (tertiary/aromatic N) is 2. The minimum atomic E-state index is -0.814. The topological polar surface area (TPSA) is 68.3 Å². The molecule has 2 aromatic heterocycles. The summed E-state index contributed by atoms with van der Waals surface area (Å²) in [7, 11) is 1.88. The van der Waals surface area contributed by atoms with E-state index in [-0.39, 0.29) is 6.42 Å². The van der Waals surface area contributed by atoms with Gasteiger partial charge in [0.2, 0.25) is 0 Å². The molecule has 0 fully saturated rings. The fraction of sp³-hybridized carbons (Fsp3) is 0.385. The zero-order chi connectivity index (χ0) is 13.3. The molecule has 0 spiro atoms. The largest absolute Gasteiger partial charge is 0.481 e. The number of hydrogen-bond acceptors (Lipinski definition) is 3. The lowest BCUT2D eigenvalue weighted by Gasteiger charge is -2.03. The monoisotopic (exact) mass is 248 g/mol. The van der Waals surface area contributed by atoms with Crippen molar-refractivity contribution >= 4 is 5.97 Å². The molecule has 1 N–H and O–H groups in total. The van der Waals surface area contributed by atoms with Crippen molar-refractivity contribution in [1.82, 2.24) is 9.55 Å². The second-order valence-corrected chi connectivity index (χ2v) is 4.33. The van der Waals surface area contributed by atoms with Gasteiger partial charge in [0.25, 0.3) is 0 Å². The summed E-state index contributed by atoms with van der Waals surface area (Å²) in [6.07, 6.45) is 0.507. The summed E-state index contributed by atoms with van der Waals surface area (Å²) in [5, 5.41) is 8.71. The molecule has 0 bridgehead atoms. The smallest absolute Gasteiger partial charge is 0.303 e. The summed E-state index contributed by atoms with van der Waals surface area (Å²) in [6.45, 7) is 3.79. The van der Waals surface area contributed by atoms with Crippen molar-refractivity contribution in [3.05, 3.63) is 29.4 Å². The lowest BCUT2D eigenvalue weighted by Crippen LogP contribution is -2.03. The number of aromatic nitrogens is 2. The minimum absolute atomic E-state index is 0.0842. The van der Waals surface area contributed by atoms with Crippen LogP contribution in [-0.2, 0) is 18.3 Å². The third-order valence-corrected chi connectivity index (χ3v) is 2.90. The van der Waals surface area contributed by atoms with E-state index in [1.165, 1.54) is 0 Å². The molecule has 0 saturated carbocycles. The summed E-state index contributed by atoms with van der Waals surface area (Å²) in [5.41, 5.74) is 1.76. The first kappa shape index (κ1) is 12.4. The van der Waals surface area contributed by atoms with E-state index in [1.807, 2.05) is 37.6 Å². The summed E-state index contributed by atoms with van der Waals surface area (Å²) < 4.78 is 7.49. The van der Waals surface area contributed by atoms with Gasteiger partial charge >= 0.3 is 5.97 Å². The lowest BCUT2D eigenvalue weighted by molar-refractivity contribution is -0.137. The molecular weight excluding hydrogens is 232 g/mol. The van der Waals surface area contributed by atoms with Gasteiger partial charge in [0.1, 0.15) is 17.3 Å². The highest BCUT2D eigenvalue weighted by Crippen LogP contribution is 2.26. The fourth-order valence-electron chi connectivity index (χ4n) is 2.04. The van der Waals surface area contributed by atoms with Gasteiger partial charge in [0.05, 0.1) is 12.1 Å². The fourth-order valence-corrected chi connectivity index (χ4v) is 2.04. The standard InChI is InChI=1S/C13H16N2O3/c1-8-4-5-10(18-8)13-9(2)14-11(15(13)3)6-7-12(16)17/h4-5H,6-7H2,1-3H3,(H,16,17). The maximum Gasteiger partial charge on any atom is 0.303 e. The van der Waals surface area contributed by atoms with Crippen LogP contribution in [0.4, 0.5) is 0 Å². The molecule has 18 heavy (non-hydrogen) atoms. The Morgan fingerprint density at radius 3 is 2.72 bits per heavy atom. The molecule has 0 aliphatic carbocycles. The molecule has 0 amide bonds. The van der Waals surface area contributed by atoms with Gasteiger partial charge in [-0.25, -0.2) is 4.98 Å². The zero-order valence-electron chi connectivity index (χ0n) is 10.7. The number of carbonyl (C=O) groups is 1. The number of aliphatic carboxylic acids is 1. The van der Waals surface area contributed by atoms with Crippen LogP contribution in [0.5, 0.6) is 0 Å². The molecular formula is C13H16N2O3. The van der Waals surface area contributed by atoms with Crippen molar-refractivity contribution in [2.45, 2.75) is 26.7 Å². The first-order valence-corrected chi connectivity index (χ1v) is 5.80. The van der Waals surface area contributed by atoms with E-state index in [9.17, 15) is 4.79 Å². The van der Waals surface area contributed by atoms with Gasteiger partial charge in [-0.1, -0.05) is 0 Å². The highest BCUT2D eigenvalue weighted by atomic mass is 16.4. The summed E-state index contributed by atoms with van der Waals surface area (Å²) >= 11 is 0. The van der Waals surface area contributed by atoms with Crippen LogP contribution in [0.3, 0.4) is 0 Å². The second kappa shape index (κ2) is 4.68. The molecule has 5 nitrogen and oxygen atoms in total. The molecule has 0 unspecified atom stereocenters. The Morgan fingerprint density at radius 2 is 2.17 bits per heavy atom. The van der Waals surface area contributed by atoms with Gasteiger partial charge in [-0.2, -0.15) is 0 Å². The van der Waals surface area contributed by atoms with E-state index < -0.39 is 5.97 Å².